The van der Waals surface area contributed by atoms with Gasteiger partial charge in [0.2, 0.25) is 0 Å². The van der Waals surface area contributed by atoms with E-state index in [9.17, 15) is 0 Å². The van der Waals surface area contributed by atoms with Gasteiger partial charge in [-0.05, 0) is 24.5 Å². The molecular formula is C10H16ClN. The first-order valence-corrected chi connectivity index (χ1v) is 4.48. The summed E-state index contributed by atoms with van der Waals surface area (Å²) in [4.78, 5) is 3.84. The number of rotatable bonds is 0. The molecule has 0 bridgehead atoms. The lowest BCUT2D eigenvalue weighted by molar-refractivity contribution is 0.737. The number of pyridine rings is 1. The van der Waals surface area contributed by atoms with Crippen LogP contribution < -0.4 is 0 Å². The van der Waals surface area contributed by atoms with Crippen LogP contribution in [0.3, 0.4) is 0 Å². The third kappa shape index (κ3) is 7.55. The van der Waals surface area contributed by atoms with Crippen molar-refractivity contribution >= 4 is 11.6 Å². The second kappa shape index (κ2) is 6.01. The van der Waals surface area contributed by atoms with Gasteiger partial charge in [-0.1, -0.05) is 38.4 Å². The molecule has 1 heterocycles. The molecule has 12 heavy (non-hydrogen) atoms. The molecule has 68 valence electrons. The van der Waals surface area contributed by atoms with Crippen molar-refractivity contribution in [2.75, 3.05) is 0 Å². The molecular weight excluding hydrogens is 170 g/mol. The fraction of sp³-hybridized carbons (Fsp3) is 0.500. The maximum Gasteiger partial charge on any atom is 0.129 e. The van der Waals surface area contributed by atoms with Crippen molar-refractivity contribution in [2.24, 2.45) is 5.92 Å². The van der Waals surface area contributed by atoms with E-state index in [0.29, 0.717) is 5.15 Å². The van der Waals surface area contributed by atoms with E-state index in [4.69, 9.17) is 11.6 Å². The second-order valence-electron chi connectivity index (χ2n) is 3.39. The summed E-state index contributed by atoms with van der Waals surface area (Å²) in [5.41, 5.74) is 1.13. The second-order valence-corrected chi connectivity index (χ2v) is 3.78. The number of hydrogen-bond donors (Lipinski definition) is 0. The summed E-state index contributed by atoms with van der Waals surface area (Å²) in [5, 5.41) is 0.551. The molecule has 0 saturated carbocycles. The molecule has 0 amide bonds. The van der Waals surface area contributed by atoms with E-state index in [0.717, 1.165) is 11.5 Å². The maximum atomic E-state index is 5.50. The number of halogens is 1. The summed E-state index contributed by atoms with van der Waals surface area (Å²) < 4.78 is 0. The monoisotopic (exact) mass is 185 g/mol. The summed E-state index contributed by atoms with van der Waals surface area (Å²) in [7, 11) is 0. The van der Waals surface area contributed by atoms with Crippen LogP contribution in [-0.4, -0.2) is 4.98 Å². The molecule has 0 atom stereocenters. The molecule has 0 aliphatic rings. The summed E-state index contributed by atoms with van der Waals surface area (Å²) in [5.74, 6) is 0.833. The minimum absolute atomic E-state index is 0.551. The van der Waals surface area contributed by atoms with Crippen LogP contribution in [0.5, 0.6) is 0 Å². The van der Waals surface area contributed by atoms with Crippen molar-refractivity contribution in [3.63, 3.8) is 0 Å². The molecule has 1 aromatic rings. The van der Waals surface area contributed by atoms with E-state index in [1.54, 1.807) is 12.3 Å². The Morgan fingerprint density at radius 2 is 1.75 bits per heavy atom. The summed E-state index contributed by atoms with van der Waals surface area (Å²) >= 11 is 5.50. The van der Waals surface area contributed by atoms with Gasteiger partial charge in [0.15, 0.2) is 0 Å². The lowest BCUT2D eigenvalue weighted by Crippen LogP contribution is -1.73. The van der Waals surface area contributed by atoms with E-state index in [-0.39, 0.29) is 0 Å². The van der Waals surface area contributed by atoms with Crippen LogP contribution in [0.1, 0.15) is 26.3 Å². The number of nitrogens with zero attached hydrogens (tertiary/aromatic N) is 1. The zero-order valence-electron chi connectivity index (χ0n) is 8.13. The quantitative estimate of drug-likeness (QED) is 0.562. The smallest absolute Gasteiger partial charge is 0.129 e. The Hall–Kier alpha value is -0.560. The Morgan fingerprint density at radius 3 is 2.00 bits per heavy atom. The van der Waals surface area contributed by atoms with Crippen molar-refractivity contribution in [3.05, 3.63) is 29.0 Å². The fourth-order valence-corrected chi connectivity index (χ4v) is 0.562. The van der Waals surface area contributed by atoms with Crippen molar-refractivity contribution < 1.29 is 0 Å². The lowest BCUT2D eigenvalue weighted by Gasteiger charge is -1.87. The predicted octanol–water partition coefficient (Wildman–Crippen LogP) is 3.71. The highest BCUT2D eigenvalue weighted by Gasteiger charge is 1.83. The van der Waals surface area contributed by atoms with Gasteiger partial charge in [0.25, 0.3) is 0 Å². The van der Waals surface area contributed by atoms with Crippen LogP contribution in [0, 0.1) is 12.8 Å². The first-order chi connectivity index (χ1) is 5.52. The van der Waals surface area contributed by atoms with Gasteiger partial charge in [-0.25, -0.2) is 4.98 Å². The average molecular weight is 186 g/mol. The Balaban J connectivity index is 0.000000261. The topological polar surface area (TPSA) is 12.9 Å². The van der Waals surface area contributed by atoms with Crippen LogP contribution in [0.15, 0.2) is 18.3 Å². The SMILES string of the molecule is CC(C)C.Cc1ccc(Cl)nc1. The summed E-state index contributed by atoms with van der Waals surface area (Å²) in [6.07, 6.45) is 1.74. The highest BCUT2D eigenvalue weighted by atomic mass is 35.5. The number of aromatic nitrogens is 1. The van der Waals surface area contributed by atoms with Crippen molar-refractivity contribution in [1.82, 2.24) is 4.98 Å². The molecule has 1 rings (SSSR count). The van der Waals surface area contributed by atoms with Gasteiger partial charge < -0.3 is 0 Å². The molecule has 0 aliphatic heterocycles. The van der Waals surface area contributed by atoms with Crippen molar-refractivity contribution in [3.8, 4) is 0 Å². The minimum Gasteiger partial charge on any atom is -0.244 e. The van der Waals surface area contributed by atoms with E-state index >= 15 is 0 Å². The maximum absolute atomic E-state index is 5.50. The van der Waals surface area contributed by atoms with Crippen LogP contribution >= 0.6 is 11.6 Å². The zero-order valence-corrected chi connectivity index (χ0v) is 8.89. The van der Waals surface area contributed by atoms with Crippen LogP contribution in [0.4, 0.5) is 0 Å². The predicted molar refractivity (Wildman–Crippen MR) is 54.5 cm³/mol. The zero-order chi connectivity index (χ0) is 9.56. The third-order valence-electron chi connectivity index (χ3n) is 0.875. The molecule has 0 fully saturated rings. The lowest BCUT2D eigenvalue weighted by atomic mass is 10.3. The number of hydrogen-bond acceptors (Lipinski definition) is 1. The van der Waals surface area contributed by atoms with Crippen molar-refractivity contribution in [1.29, 1.82) is 0 Å². The van der Waals surface area contributed by atoms with Crippen LogP contribution in [0.2, 0.25) is 5.15 Å². The average Bonchev–Trinajstić information content (AvgIpc) is 1.94. The fourth-order valence-electron chi connectivity index (χ4n) is 0.450. The first kappa shape index (κ1) is 11.4. The first-order valence-electron chi connectivity index (χ1n) is 4.10. The Kier molecular flexibility index (Phi) is 5.73. The molecule has 1 aromatic heterocycles. The molecule has 2 heteroatoms. The molecule has 0 aliphatic carbocycles. The molecule has 0 unspecified atom stereocenters. The molecule has 0 saturated heterocycles. The molecule has 0 N–H and O–H groups in total. The van der Waals surface area contributed by atoms with Gasteiger partial charge in [0.05, 0.1) is 0 Å². The van der Waals surface area contributed by atoms with E-state index < -0.39 is 0 Å². The summed E-state index contributed by atoms with van der Waals surface area (Å²) in [6, 6.07) is 3.70. The molecule has 1 nitrogen and oxygen atoms in total. The van der Waals surface area contributed by atoms with E-state index in [1.807, 2.05) is 13.0 Å². The normalized spacial score (nSPS) is 9.17. The number of aryl methyl sites for hydroxylation is 1. The highest BCUT2D eigenvalue weighted by molar-refractivity contribution is 6.29. The summed E-state index contributed by atoms with van der Waals surface area (Å²) in [6.45, 7) is 8.48. The molecule has 0 spiro atoms. The van der Waals surface area contributed by atoms with Gasteiger partial charge in [-0.15, -0.1) is 0 Å². The van der Waals surface area contributed by atoms with Gasteiger partial charge in [-0.2, -0.15) is 0 Å². The molecule has 0 radical (unpaired) electrons. The van der Waals surface area contributed by atoms with Gasteiger partial charge in [-0.3, -0.25) is 0 Å². The van der Waals surface area contributed by atoms with Gasteiger partial charge in [0, 0.05) is 6.20 Å². The highest BCUT2D eigenvalue weighted by Crippen LogP contribution is 2.02. The Bertz CT molecular complexity index is 180. The van der Waals surface area contributed by atoms with Crippen LogP contribution in [-0.2, 0) is 0 Å². The Labute approximate surface area is 79.8 Å². The van der Waals surface area contributed by atoms with Crippen molar-refractivity contribution in [2.45, 2.75) is 27.7 Å². The third-order valence-corrected chi connectivity index (χ3v) is 1.10. The largest absolute Gasteiger partial charge is 0.244 e. The Morgan fingerprint density at radius 1 is 1.25 bits per heavy atom. The van der Waals surface area contributed by atoms with E-state index in [2.05, 4.69) is 25.8 Å². The molecule has 0 aromatic carbocycles. The van der Waals surface area contributed by atoms with Gasteiger partial charge in [0.1, 0.15) is 5.15 Å². The van der Waals surface area contributed by atoms with E-state index in [1.165, 1.54) is 0 Å². The van der Waals surface area contributed by atoms with Crippen LogP contribution in [0.25, 0.3) is 0 Å². The van der Waals surface area contributed by atoms with Gasteiger partial charge >= 0.3 is 0 Å². The standard InChI is InChI=1S/C6H6ClN.C4H10/c1-5-2-3-6(7)8-4-5;1-4(2)3/h2-4H,1H3;4H,1-3H3. The minimum atomic E-state index is 0.551.